The van der Waals surface area contributed by atoms with Gasteiger partial charge in [-0.1, -0.05) is 39.8 Å². The summed E-state index contributed by atoms with van der Waals surface area (Å²) in [5.74, 6) is 1.20. The Labute approximate surface area is 143 Å². The molecule has 0 unspecified atom stereocenters. The minimum absolute atomic E-state index is 0.225. The van der Waals surface area contributed by atoms with Crippen LogP contribution in [0, 0.1) is 5.41 Å². The summed E-state index contributed by atoms with van der Waals surface area (Å²) >= 11 is 0. The van der Waals surface area contributed by atoms with Crippen LogP contribution in [0.5, 0.6) is 0 Å². The third-order valence-corrected chi connectivity index (χ3v) is 4.46. The second-order valence-electron chi connectivity index (χ2n) is 7.37. The number of benzene rings is 1. The zero-order valence-corrected chi connectivity index (χ0v) is 15.0. The summed E-state index contributed by atoms with van der Waals surface area (Å²) in [5, 5.41) is 0. The SMILES string of the molecule is CCc1nc2ccccc2nc1N1CCN(C(=O)C(C)(C)C)CC1. The van der Waals surface area contributed by atoms with E-state index in [0.29, 0.717) is 0 Å². The topological polar surface area (TPSA) is 49.3 Å². The van der Waals surface area contributed by atoms with Gasteiger partial charge in [0.1, 0.15) is 0 Å². The average Bonchev–Trinajstić information content (AvgIpc) is 2.59. The number of piperazine rings is 1. The second kappa shape index (κ2) is 6.38. The Morgan fingerprint density at radius 1 is 1.04 bits per heavy atom. The zero-order chi connectivity index (χ0) is 17.3. The number of anilines is 1. The molecule has 0 radical (unpaired) electrons. The predicted molar refractivity (Wildman–Crippen MR) is 97.2 cm³/mol. The molecule has 5 nitrogen and oxygen atoms in total. The van der Waals surface area contributed by atoms with Gasteiger partial charge < -0.3 is 9.80 Å². The van der Waals surface area contributed by atoms with E-state index in [1.165, 1.54) is 0 Å². The van der Waals surface area contributed by atoms with Crippen molar-refractivity contribution in [2.24, 2.45) is 5.41 Å². The van der Waals surface area contributed by atoms with Crippen molar-refractivity contribution in [1.29, 1.82) is 0 Å². The third kappa shape index (κ3) is 3.21. The smallest absolute Gasteiger partial charge is 0.228 e. The molecular formula is C19H26N4O. The van der Waals surface area contributed by atoms with Crippen LogP contribution in [0.15, 0.2) is 24.3 Å². The lowest BCUT2D eigenvalue weighted by atomic mass is 9.94. The van der Waals surface area contributed by atoms with Gasteiger partial charge in [-0.3, -0.25) is 4.79 Å². The third-order valence-electron chi connectivity index (χ3n) is 4.46. The van der Waals surface area contributed by atoms with Crippen LogP contribution in [0.4, 0.5) is 5.82 Å². The van der Waals surface area contributed by atoms with Crippen molar-refractivity contribution in [2.75, 3.05) is 31.1 Å². The van der Waals surface area contributed by atoms with Gasteiger partial charge in [-0.05, 0) is 18.6 Å². The van der Waals surface area contributed by atoms with Crippen LogP contribution in [-0.2, 0) is 11.2 Å². The average molecular weight is 326 g/mol. The molecule has 1 aromatic heterocycles. The van der Waals surface area contributed by atoms with Crippen molar-refractivity contribution >= 4 is 22.8 Å². The largest absolute Gasteiger partial charge is 0.352 e. The number of aromatic nitrogens is 2. The first-order valence-electron chi connectivity index (χ1n) is 8.70. The van der Waals surface area contributed by atoms with Gasteiger partial charge in [0.15, 0.2) is 5.82 Å². The number of fused-ring (bicyclic) bond motifs is 1. The second-order valence-corrected chi connectivity index (χ2v) is 7.37. The van der Waals surface area contributed by atoms with E-state index >= 15 is 0 Å². The summed E-state index contributed by atoms with van der Waals surface area (Å²) in [6.45, 7) is 11.1. The van der Waals surface area contributed by atoms with Crippen LogP contribution in [-0.4, -0.2) is 47.0 Å². The van der Waals surface area contributed by atoms with Crippen molar-refractivity contribution in [3.8, 4) is 0 Å². The Morgan fingerprint density at radius 2 is 1.62 bits per heavy atom. The minimum Gasteiger partial charge on any atom is -0.352 e. The number of hydrogen-bond donors (Lipinski definition) is 0. The molecule has 3 rings (SSSR count). The van der Waals surface area contributed by atoms with Crippen LogP contribution in [0.3, 0.4) is 0 Å². The molecule has 1 aromatic carbocycles. The molecule has 0 bridgehead atoms. The Kier molecular flexibility index (Phi) is 4.43. The van der Waals surface area contributed by atoms with E-state index in [-0.39, 0.29) is 11.3 Å². The van der Waals surface area contributed by atoms with Crippen LogP contribution in [0.2, 0.25) is 0 Å². The molecular weight excluding hydrogens is 300 g/mol. The predicted octanol–water partition coefficient (Wildman–Crippen LogP) is 2.89. The number of amides is 1. The van der Waals surface area contributed by atoms with Crippen molar-refractivity contribution in [1.82, 2.24) is 14.9 Å². The molecule has 0 atom stereocenters. The highest BCUT2D eigenvalue weighted by Crippen LogP contribution is 2.24. The van der Waals surface area contributed by atoms with Gasteiger partial charge in [0.2, 0.25) is 5.91 Å². The molecule has 1 aliphatic rings. The first-order valence-corrected chi connectivity index (χ1v) is 8.70. The molecule has 1 aliphatic heterocycles. The fourth-order valence-electron chi connectivity index (χ4n) is 3.11. The van der Waals surface area contributed by atoms with E-state index in [1.54, 1.807) is 0 Å². The van der Waals surface area contributed by atoms with Crippen LogP contribution in [0.1, 0.15) is 33.4 Å². The first-order chi connectivity index (χ1) is 11.4. The Bertz CT molecular complexity index is 743. The van der Waals surface area contributed by atoms with Crippen LogP contribution >= 0.6 is 0 Å². The van der Waals surface area contributed by atoms with Crippen molar-refractivity contribution in [3.05, 3.63) is 30.0 Å². The van der Waals surface area contributed by atoms with Crippen LogP contribution < -0.4 is 4.90 Å². The fraction of sp³-hybridized carbons (Fsp3) is 0.526. The summed E-state index contributed by atoms with van der Waals surface area (Å²) in [5.41, 5.74) is 2.58. The van der Waals surface area contributed by atoms with E-state index in [0.717, 1.165) is 55.1 Å². The molecule has 0 N–H and O–H groups in total. The quantitative estimate of drug-likeness (QED) is 0.851. The molecule has 1 saturated heterocycles. The standard InChI is InChI=1S/C19H26N4O/c1-5-14-17(21-16-9-7-6-8-15(16)20-14)22-10-12-23(13-11-22)18(24)19(2,3)4/h6-9H,5,10-13H2,1-4H3. The number of rotatable bonds is 2. The summed E-state index contributed by atoms with van der Waals surface area (Å²) in [6.07, 6.45) is 0.855. The maximum absolute atomic E-state index is 12.4. The van der Waals surface area contributed by atoms with Gasteiger partial charge in [0.05, 0.1) is 16.7 Å². The summed E-state index contributed by atoms with van der Waals surface area (Å²) < 4.78 is 0. The summed E-state index contributed by atoms with van der Waals surface area (Å²) in [6, 6.07) is 8.00. The molecule has 128 valence electrons. The number of hydrogen-bond acceptors (Lipinski definition) is 4. The molecule has 0 spiro atoms. The Hall–Kier alpha value is -2.17. The lowest BCUT2D eigenvalue weighted by Gasteiger charge is -2.38. The Morgan fingerprint density at radius 3 is 2.17 bits per heavy atom. The first kappa shape index (κ1) is 16.7. The minimum atomic E-state index is -0.320. The number of carbonyl (C=O) groups is 1. The number of carbonyl (C=O) groups excluding carboxylic acids is 1. The van der Waals surface area contributed by atoms with Gasteiger partial charge in [-0.2, -0.15) is 0 Å². The fourth-order valence-corrected chi connectivity index (χ4v) is 3.11. The lowest BCUT2D eigenvalue weighted by Crippen LogP contribution is -2.52. The maximum atomic E-state index is 12.4. The van der Waals surface area contributed by atoms with Gasteiger partial charge in [0.25, 0.3) is 0 Å². The van der Waals surface area contributed by atoms with Gasteiger partial charge >= 0.3 is 0 Å². The summed E-state index contributed by atoms with van der Waals surface area (Å²) in [4.78, 5) is 26.3. The highest BCUT2D eigenvalue weighted by Gasteiger charge is 2.30. The van der Waals surface area contributed by atoms with Crippen molar-refractivity contribution < 1.29 is 4.79 Å². The Balaban J connectivity index is 1.81. The highest BCUT2D eigenvalue weighted by atomic mass is 16.2. The number of para-hydroxylation sites is 2. The lowest BCUT2D eigenvalue weighted by molar-refractivity contribution is -0.139. The van der Waals surface area contributed by atoms with Gasteiger partial charge in [-0.25, -0.2) is 9.97 Å². The molecule has 0 aliphatic carbocycles. The highest BCUT2D eigenvalue weighted by molar-refractivity contribution is 5.82. The van der Waals surface area contributed by atoms with Crippen LogP contribution in [0.25, 0.3) is 11.0 Å². The summed E-state index contributed by atoms with van der Waals surface area (Å²) in [7, 11) is 0. The number of aryl methyl sites for hydroxylation is 1. The van der Waals surface area contributed by atoms with E-state index in [4.69, 9.17) is 9.97 Å². The van der Waals surface area contributed by atoms with E-state index in [9.17, 15) is 4.79 Å². The molecule has 2 heterocycles. The zero-order valence-electron chi connectivity index (χ0n) is 15.0. The molecule has 0 saturated carbocycles. The van der Waals surface area contributed by atoms with Gasteiger partial charge in [-0.15, -0.1) is 0 Å². The van der Waals surface area contributed by atoms with E-state index in [1.807, 2.05) is 49.9 Å². The molecule has 5 heteroatoms. The van der Waals surface area contributed by atoms with Crippen molar-refractivity contribution in [3.63, 3.8) is 0 Å². The molecule has 1 fully saturated rings. The molecule has 2 aromatic rings. The van der Waals surface area contributed by atoms with E-state index in [2.05, 4.69) is 11.8 Å². The number of nitrogens with zero attached hydrogens (tertiary/aromatic N) is 4. The van der Waals surface area contributed by atoms with E-state index < -0.39 is 0 Å². The normalized spacial score (nSPS) is 15.8. The molecule has 24 heavy (non-hydrogen) atoms. The van der Waals surface area contributed by atoms with Gasteiger partial charge in [0, 0.05) is 31.6 Å². The monoisotopic (exact) mass is 326 g/mol. The van der Waals surface area contributed by atoms with Crippen molar-refractivity contribution in [2.45, 2.75) is 34.1 Å². The molecule has 1 amide bonds. The maximum Gasteiger partial charge on any atom is 0.228 e.